The minimum atomic E-state index is -0.734. The van der Waals surface area contributed by atoms with E-state index in [0.717, 1.165) is 32.1 Å². The minimum absolute atomic E-state index is 0.0892. The van der Waals surface area contributed by atoms with Crippen LogP contribution < -0.4 is 0 Å². The molecule has 0 radical (unpaired) electrons. The van der Waals surface area contributed by atoms with Gasteiger partial charge in [-0.25, -0.2) is 0 Å². The second-order valence-corrected chi connectivity index (χ2v) is 6.47. The lowest BCUT2D eigenvalue weighted by Gasteiger charge is -2.64. The van der Waals surface area contributed by atoms with Crippen LogP contribution in [0.25, 0.3) is 0 Å². The van der Waals surface area contributed by atoms with E-state index in [4.69, 9.17) is 0 Å². The van der Waals surface area contributed by atoms with E-state index in [9.17, 15) is 9.90 Å². The summed E-state index contributed by atoms with van der Waals surface area (Å²) in [6.07, 6.45) is 7.46. The maximum absolute atomic E-state index is 12.4. The summed E-state index contributed by atoms with van der Waals surface area (Å²) in [4.78, 5) is 12.4. The molecule has 4 aliphatic carbocycles. The van der Waals surface area contributed by atoms with Gasteiger partial charge in [0.25, 0.3) is 0 Å². The number of ketones is 1. The van der Waals surface area contributed by atoms with E-state index in [1.165, 1.54) is 12.5 Å². The van der Waals surface area contributed by atoms with Crippen LogP contribution in [-0.2, 0) is 4.79 Å². The molecule has 94 valence electrons. The average Bonchev–Trinajstić information content (AvgIpc) is 2.27. The standard InChI is InChI=1S/C15H22O2/c1-3-13(16)15(4-2)12-6-10-5-11(7-12)9-14(15,17)8-10/h3,10-12,17H,1,4-9H2,2H3. The van der Waals surface area contributed by atoms with Crippen LogP contribution in [0.2, 0.25) is 0 Å². The first-order valence-electron chi connectivity index (χ1n) is 6.95. The number of allylic oxidation sites excluding steroid dienone is 1. The Morgan fingerprint density at radius 2 is 1.94 bits per heavy atom. The second kappa shape index (κ2) is 3.44. The average molecular weight is 234 g/mol. The smallest absolute Gasteiger partial charge is 0.164 e. The molecule has 4 aliphatic rings. The number of carbonyl (C=O) groups excluding carboxylic acids is 1. The Balaban J connectivity index is 2.09. The van der Waals surface area contributed by atoms with Crippen molar-refractivity contribution >= 4 is 5.78 Å². The first kappa shape index (κ1) is 11.5. The molecule has 0 aliphatic heterocycles. The minimum Gasteiger partial charge on any atom is -0.389 e. The molecule has 1 N–H and O–H groups in total. The summed E-state index contributed by atoms with van der Waals surface area (Å²) in [5.74, 6) is 1.81. The van der Waals surface area contributed by atoms with Gasteiger partial charge in [-0.15, -0.1) is 0 Å². The largest absolute Gasteiger partial charge is 0.389 e. The molecule has 4 rings (SSSR count). The van der Waals surface area contributed by atoms with E-state index < -0.39 is 11.0 Å². The highest BCUT2D eigenvalue weighted by Crippen LogP contribution is 2.65. The highest BCUT2D eigenvalue weighted by Gasteiger charge is 2.66. The van der Waals surface area contributed by atoms with Gasteiger partial charge in [-0.3, -0.25) is 4.79 Å². The van der Waals surface area contributed by atoms with E-state index in [1.54, 1.807) is 0 Å². The fourth-order valence-corrected chi connectivity index (χ4v) is 5.49. The first-order chi connectivity index (χ1) is 8.05. The lowest BCUT2D eigenvalue weighted by Crippen LogP contribution is -2.66. The van der Waals surface area contributed by atoms with Crippen LogP contribution >= 0.6 is 0 Å². The molecule has 3 unspecified atom stereocenters. The van der Waals surface area contributed by atoms with E-state index in [-0.39, 0.29) is 5.78 Å². The molecule has 3 atom stereocenters. The van der Waals surface area contributed by atoms with Gasteiger partial charge in [0.2, 0.25) is 0 Å². The number of hydrogen-bond donors (Lipinski definition) is 1. The van der Waals surface area contributed by atoms with Gasteiger partial charge in [0.05, 0.1) is 11.0 Å². The van der Waals surface area contributed by atoms with Crippen molar-refractivity contribution in [2.45, 2.75) is 51.0 Å². The Bertz CT molecular complexity index is 359. The van der Waals surface area contributed by atoms with E-state index >= 15 is 0 Å². The molecule has 4 fully saturated rings. The van der Waals surface area contributed by atoms with Crippen LogP contribution in [0.4, 0.5) is 0 Å². The normalized spacial score (nSPS) is 51.5. The molecule has 0 aromatic carbocycles. The van der Waals surface area contributed by atoms with E-state index in [1.807, 2.05) is 0 Å². The second-order valence-electron chi connectivity index (χ2n) is 6.47. The summed E-state index contributed by atoms with van der Waals surface area (Å²) in [7, 11) is 0. The molecule has 17 heavy (non-hydrogen) atoms. The van der Waals surface area contributed by atoms with E-state index in [0.29, 0.717) is 17.8 Å². The lowest BCUT2D eigenvalue weighted by molar-refractivity contribution is -0.221. The summed E-state index contributed by atoms with van der Waals surface area (Å²) in [5.41, 5.74) is -1.25. The van der Waals surface area contributed by atoms with Crippen LogP contribution in [0.3, 0.4) is 0 Å². The van der Waals surface area contributed by atoms with Crippen molar-refractivity contribution in [2.75, 3.05) is 0 Å². The maximum Gasteiger partial charge on any atom is 0.164 e. The zero-order chi connectivity index (χ0) is 12.3. The van der Waals surface area contributed by atoms with Crippen LogP contribution in [0, 0.1) is 23.2 Å². The topological polar surface area (TPSA) is 37.3 Å². The fraction of sp³-hybridized carbons (Fsp3) is 0.800. The SMILES string of the molecule is C=CC(=O)C1(CC)C2CC3CC(C2)CC1(O)C3. The number of carbonyl (C=O) groups is 1. The Morgan fingerprint density at radius 1 is 1.35 bits per heavy atom. The van der Waals surface area contributed by atoms with Crippen molar-refractivity contribution in [3.05, 3.63) is 12.7 Å². The van der Waals surface area contributed by atoms with Crippen molar-refractivity contribution < 1.29 is 9.90 Å². The van der Waals surface area contributed by atoms with Gasteiger partial charge in [-0.1, -0.05) is 13.5 Å². The van der Waals surface area contributed by atoms with Crippen molar-refractivity contribution in [1.29, 1.82) is 0 Å². The van der Waals surface area contributed by atoms with Crippen LogP contribution in [-0.4, -0.2) is 16.5 Å². The Hall–Kier alpha value is -0.630. The first-order valence-corrected chi connectivity index (χ1v) is 6.95. The number of rotatable bonds is 3. The summed E-state index contributed by atoms with van der Waals surface area (Å²) >= 11 is 0. The van der Waals surface area contributed by atoms with Crippen molar-refractivity contribution in [1.82, 2.24) is 0 Å². The molecule has 0 amide bonds. The summed E-state index contributed by atoms with van der Waals surface area (Å²) in [5, 5.41) is 11.0. The molecule has 0 spiro atoms. The maximum atomic E-state index is 12.4. The van der Waals surface area contributed by atoms with Gasteiger partial charge in [-0.05, 0) is 62.4 Å². The van der Waals surface area contributed by atoms with Crippen molar-refractivity contribution in [3.8, 4) is 0 Å². The molecule has 4 saturated carbocycles. The number of hydrogen-bond acceptors (Lipinski definition) is 2. The fourth-order valence-electron chi connectivity index (χ4n) is 5.49. The molecule has 4 bridgehead atoms. The highest BCUT2D eigenvalue weighted by atomic mass is 16.3. The molecule has 2 nitrogen and oxygen atoms in total. The van der Waals surface area contributed by atoms with Gasteiger partial charge in [-0.2, -0.15) is 0 Å². The Kier molecular flexibility index (Phi) is 2.32. The zero-order valence-corrected chi connectivity index (χ0v) is 10.6. The molecular formula is C15H22O2. The van der Waals surface area contributed by atoms with Crippen LogP contribution in [0.5, 0.6) is 0 Å². The van der Waals surface area contributed by atoms with Gasteiger partial charge in [0.15, 0.2) is 5.78 Å². The molecule has 0 saturated heterocycles. The predicted octanol–water partition coefficient (Wildman–Crippen LogP) is 2.71. The summed E-state index contributed by atoms with van der Waals surface area (Å²) < 4.78 is 0. The van der Waals surface area contributed by atoms with Crippen LogP contribution in [0.1, 0.15) is 45.4 Å². The number of aliphatic hydroxyl groups is 1. The Morgan fingerprint density at radius 3 is 2.35 bits per heavy atom. The molecule has 2 heteroatoms. The lowest BCUT2D eigenvalue weighted by atomic mass is 9.41. The van der Waals surface area contributed by atoms with Gasteiger partial charge < -0.3 is 5.11 Å². The third kappa shape index (κ3) is 1.22. The summed E-state index contributed by atoms with van der Waals surface area (Å²) in [6, 6.07) is 0. The highest BCUT2D eigenvalue weighted by molar-refractivity contribution is 5.96. The third-order valence-corrected chi connectivity index (χ3v) is 5.87. The van der Waals surface area contributed by atoms with Crippen LogP contribution in [0.15, 0.2) is 12.7 Å². The van der Waals surface area contributed by atoms with Gasteiger partial charge >= 0.3 is 0 Å². The van der Waals surface area contributed by atoms with Crippen molar-refractivity contribution in [3.63, 3.8) is 0 Å². The van der Waals surface area contributed by atoms with Gasteiger partial charge in [0.1, 0.15) is 0 Å². The molecule has 0 aromatic heterocycles. The van der Waals surface area contributed by atoms with E-state index in [2.05, 4.69) is 13.5 Å². The summed E-state index contributed by atoms with van der Waals surface area (Å²) in [6.45, 7) is 5.71. The zero-order valence-electron chi connectivity index (χ0n) is 10.6. The molecule has 0 heterocycles. The molecule has 0 aromatic rings. The molecular weight excluding hydrogens is 212 g/mol. The van der Waals surface area contributed by atoms with Gasteiger partial charge in [0, 0.05) is 0 Å². The Labute approximate surface area is 103 Å². The van der Waals surface area contributed by atoms with Crippen molar-refractivity contribution in [2.24, 2.45) is 23.2 Å². The quantitative estimate of drug-likeness (QED) is 0.762. The monoisotopic (exact) mass is 234 g/mol. The third-order valence-electron chi connectivity index (χ3n) is 5.87. The predicted molar refractivity (Wildman–Crippen MR) is 66.4 cm³/mol.